The number of amides is 1. The van der Waals surface area contributed by atoms with E-state index < -0.39 is 5.97 Å². The molecule has 1 aromatic heterocycles. The van der Waals surface area contributed by atoms with Gasteiger partial charge in [-0.15, -0.1) is 11.3 Å². The van der Waals surface area contributed by atoms with Gasteiger partial charge in [-0.05, 0) is 31.5 Å². The summed E-state index contributed by atoms with van der Waals surface area (Å²) in [6, 6.07) is 4.82. The van der Waals surface area contributed by atoms with E-state index in [2.05, 4.69) is 4.98 Å². The van der Waals surface area contributed by atoms with E-state index in [1.165, 1.54) is 6.07 Å². The van der Waals surface area contributed by atoms with Gasteiger partial charge in [-0.2, -0.15) is 0 Å². The lowest BCUT2D eigenvalue weighted by Crippen LogP contribution is -2.26. The van der Waals surface area contributed by atoms with E-state index in [4.69, 9.17) is 5.11 Å². The molecule has 5 nitrogen and oxygen atoms in total. The summed E-state index contributed by atoms with van der Waals surface area (Å²) in [5.41, 5.74) is 2.72. The Labute approximate surface area is 125 Å². The number of hydrogen-bond donors (Lipinski definition) is 1. The van der Waals surface area contributed by atoms with Gasteiger partial charge >= 0.3 is 5.97 Å². The number of hydrogen-bond acceptors (Lipinski definition) is 4. The van der Waals surface area contributed by atoms with Crippen LogP contribution in [-0.2, 0) is 17.8 Å². The van der Waals surface area contributed by atoms with E-state index in [1.54, 1.807) is 28.4 Å². The number of carboxylic acids is 1. The third-order valence-corrected chi connectivity index (χ3v) is 4.69. The molecule has 3 rings (SSSR count). The van der Waals surface area contributed by atoms with Crippen molar-refractivity contribution >= 4 is 28.9 Å². The van der Waals surface area contributed by atoms with E-state index in [9.17, 15) is 9.59 Å². The molecule has 0 saturated carbocycles. The summed E-state index contributed by atoms with van der Waals surface area (Å²) in [5, 5.41) is 9.95. The lowest BCUT2D eigenvalue weighted by molar-refractivity contribution is -0.117. The van der Waals surface area contributed by atoms with E-state index in [1.807, 2.05) is 13.8 Å². The Hall–Kier alpha value is -2.21. The molecule has 0 aliphatic carbocycles. The molecule has 2 heterocycles. The van der Waals surface area contributed by atoms with Crippen LogP contribution in [0.2, 0.25) is 0 Å². The van der Waals surface area contributed by atoms with Gasteiger partial charge in [0.2, 0.25) is 5.91 Å². The molecular formula is C15H14N2O3S. The van der Waals surface area contributed by atoms with Crippen molar-refractivity contribution in [2.45, 2.75) is 26.8 Å². The number of aryl methyl sites for hydroxylation is 2. The van der Waals surface area contributed by atoms with Crippen LogP contribution in [0.15, 0.2) is 18.2 Å². The van der Waals surface area contributed by atoms with Crippen LogP contribution >= 0.6 is 11.3 Å². The summed E-state index contributed by atoms with van der Waals surface area (Å²) in [6.07, 6.45) is 0.318. The number of anilines is 1. The second kappa shape index (κ2) is 4.96. The summed E-state index contributed by atoms with van der Waals surface area (Å²) in [4.78, 5) is 30.5. The average molecular weight is 302 g/mol. The zero-order valence-corrected chi connectivity index (χ0v) is 12.5. The van der Waals surface area contributed by atoms with Crippen LogP contribution in [0.25, 0.3) is 0 Å². The molecule has 6 heteroatoms. The first-order chi connectivity index (χ1) is 9.95. The lowest BCUT2D eigenvalue weighted by Gasteiger charge is -2.16. The minimum Gasteiger partial charge on any atom is -0.478 e. The maximum Gasteiger partial charge on any atom is 0.335 e. The number of fused-ring (bicyclic) bond motifs is 1. The number of carbonyl (C=O) groups is 2. The Morgan fingerprint density at radius 2 is 2.19 bits per heavy atom. The van der Waals surface area contributed by atoms with E-state index >= 15 is 0 Å². The molecule has 1 aliphatic rings. The summed E-state index contributed by atoms with van der Waals surface area (Å²) in [6.45, 7) is 4.34. The van der Waals surface area contributed by atoms with Crippen LogP contribution in [0.3, 0.4) is 0 Å². The molecule has 1 amide bonds. The van der Waals surface area contributed by atoms with Gasteiger partial charge in [-0.25, -0.2) is 9.78 Å². The molecule has 1 N–H and O–H groups in total. The highest BCUT2D eigenvalue weighted by molar-refractivity contribution is 7.11. The molecule has 2 aromatic rings. The Balaban J connectivity index is 1.95. The number of rotatable bonds is 3. The molecule has 0 atom stereocenters. The minimum atomic E-state index is -0.988. The zero-order valence-electron chi connectivity index (χ0n) is 11.7. The first-order valence-corrected chi connectivity index (χ1v) is 7.37. The SMILES string of the molecule is Cc1nc(CN2C(=O)Cc3ccc(C(=O)O)cc32)sc1C. The molecule has 0 unspecified atom stereocenters. The zero-order chi connectivity index (χ0) is 15.1. The van der Waals surface area contributed by atoms with Gasteiger partial charge < -0.3 is 10.0 Å². The maximum absolute atomic E-state index is 12.2. The van der Waals surface area contributed by atoms with Crippen LogP contribution in [0.5, 0.6) is 0 Å². The highest BCUT2D eigenvalue weighted by atomic mass is 32.1. The van der Waals surface area contributed by atoms with Gasteiger partial charge in [0, 0.05) is 10.6 Å². The molecule has 1 aromatic carbocycles. The van der Waals surface area contributed by atoms with Crippen molar-refractivity contribution < 1.29 is 14.7 Å². The largest absolute Gasteiger partial charge is 0.478 e. The highest BCUT2D eigenvalue weighted by Crippen LogP contribution is 2.32. The number of nitrogens with zero attached hydrogens (tertiary/aromatic N) is 2. The first kappa shape index (κ1) is 13.8. The summed E-state index contributed by atoms with van der Waals surface area (Å²) >= 11 is 1.57. The normalized spacial score (nSPS) is 13.6. The molecule has 108 valence electrons. The van der Waals surface area contributed by atoms with Gasteiger partial charge in [0.25, 0.3) is 0 Å². The summed E-state index contributed by atoms with van der Waals surface area (Å²) < 4.78 is 0. The van der Waals surface area contributed by atoms with Crippen LogP contribution < -0.4 is 4.90 Å². The molecule has 0 bridgehead atoms. The van der Waals surface area contributed by atoms with Crippen LogP contribution in [-0.4, -0.2) is 22.0 Å². The van der Waals surface area contributed by atoms with Crippen LogP contribution in [0.4, 0.5) is 5.69 Å². The van der Waals surface area contributed by atoms with Crippen molar-refractivity contribution in [2.75, 3.05) is 4.90 Å². The number of thiazole rings is 1. The molecular weight excluding hydrogens is 288 g/mol. The molecule has 21 heavy (non-hydrogen) atoms. The summed E-state index contributed by atoms with van der Waals surface area (Å²) in [7, 11) is 0. The van der Waals surface area contributed by atoms with Crippen molar-refractivity contribution in [3.05, 3.63) is 44.9 Å². The third-order valence-electron chi connectivity index (χ3n) is 3.63. The topological polar surface area (TPSA) is 70.5 Å². The Kier molecular flexibility index (Phi) is 3.25. The monoisotopic (exact) mass is 302 g/mol. The van der Waals surface area contributed by atoms with Gasteiger partial charge in [0.05, 0.1) is 24.2 Å². The molecule has 1 aliphatic heterocycles. The van der Waals surface area contributed by atoms with Gasteiger partial charge in [-0.1, -0.05) is 6.07 Å². The Morgan fingerprint density at radius 1 is 1.43 bits per heavy atom. The van der Waals surface area contributed by atoms with Crippen molar-refractivity contribution in [1.82, 2.24) is 4.98 Å². The average Bonchev–Trinajstić information content (AvgIpc) is 2.90. The fourth-order valence-electron chi connectivity index (χ4n) is 2.41. The number of aromatic carboxylic acids is 1. The number of benzene rings is 1. The Bertz CT molecular complexity index is 732. The van der Waals surface area contributed by atoms with E-state index in [0.29, 0.717) is 18.7 Å². The fourth-order valence-corrected chi connectivity index (χ4v) is 3.33. The predicted octanol–water partition coefficient (Wildman–Crippen LogP) is 2.55. The summed E-state index contributed by atoms with van der Waals surface area (Å²) in [5.74, 6) is -1.00. The van der Waals surface area contributed by atoms with Crippen LogP contribution in [0.1, 0.15) is 31.5 Å². The van der Waals surface area contributed by atoms with Crippen molar-refractivity contribution in [3.63, 3.8) is 0 Å². The van der Waals surface area contributed by atoms with Crippen molar-refractivity contribution in [3.8, 4) is 0 Å². The van der Waals surface area contributed by atoms with E-state index in [0.717, 1.165) is 21.1 Å². The van der Waals surface area contributed by atoms with Gasteiger partial charge in [-0.3, -0.25) is 4.79 Å². The quantitative estimate of drug-likeness (QED) is 0.946. The number of carboxylic acid groups (broad SMARTS) is 1. The molecule has 0 saturated heterocycles. The number of carbonyl (C=O) groups excluding carboxylic acids is 1. The molecule has 0 radical (unpaired) electrons. The fraction of sp³-hybridized carbons (Fsp3) is 0.267. The predicted molar refractivity (Wildman–Crippen MR) is 79.9 cm³/mol. The van der Waals surface area contributed by atoms with Crippen molar-refractivity contribution in [1.29, 1.82) is 0 Å². The maximum atomic E-state index is 12.2. The number of aromatic nitrogens is 1. The van der Waals surface area contributed by atoms with Gasteiger partial charge in [0.15, 0.2) is 0 Å². The highest BCUT2D eigenvalue weighted by Gasteiger charge is 2.29. The minimum absolute atomic E-state index is 0.0157. The van der Waals surface area contributed by atoms with Crippen LogP contribution in [0, 0.1) is 13.8 Å². The second-order valence-corrected chi connectivity index (χ2v) is 6.34. The van der Waals surface area contributed by atoms with Crippen molar-refractivity contribution in [2.24, 2.45) is 0 Å². The third kappa shape index (κ3) is 2.42. The van der Waals surface area contributed by atoms with E-state index in [-0.39, 0.29) is 11.5 Å². The second-order valence-electron chi connectivity index (χ2n) is 5.05. The molecule has 0 spiro atoms. The standard InChI is InChI=1S/C15H14N2O3S/c1-8-9(2)21-13(16-8)7-17-12-5-11(15(19)20)4-3-10(12)6-14(17)18/h3-5H,6-7H2,1-2H3,(H,19,20). The Morgan fingerprint density at radius 3 is 2.81 bits per heavy atom. The smallest absolute Gasteiger partial charge is 0.335 e. The molecule has 0 fully saturated rings. The first-order valence-electron chi connectivity index (χ1n) is 6.55. The van der Waals surface area contributed by atoms with Gasteiger partial charge in [0.1, 0.15) is 5.01 Å². The lowest BCUT2D eigenvalue weighted by atomic mass is 10.1.